The smallest absolute Gasteiger partial charge is 0.323 e. The van der Waals surface area contributed by atoms with E-state index in [1.807, 2.05) is 72.6 Å². The number of carbonyl (C=O) groups is 1. The maximum Gasteiger partial charge on any atom is 0.323 e. The maximum atomic E-state index is 13.7. The van der Waals surface area contributed by atoms with Crippen LogP contribution in [0.1, 0.15) is 35.2 Å². The number of rotatable bonds is 4. The molecule has 2 heterocycles. The number of aliphatic hydroxyl groups is 1. The van der Waals surface area contributed by atoms with Gasteiger partial charge < -0.3 is 14.6 Å². The lowest BCUT2D eigenvalue weighted by atomic mass is 9.77. The van der Waals surface area contributed by atoms with E-state index in [0.29, 0.717) is 13.1 Å². The zero-order valence-electron chi connectivity index (χ0n) is 17.2. The van der Waals surface area contributed by atoms with E-state index >= 15 is 0 Å². The zero-order chi connectivity index (χ0) is 20.7. The number of benzene rings is 2. The molecule has 1 spiro atoms. The van der Waals surface area contributed by atoms with Crippen molar-refractivity contribution in [3.8, 4) is 0 Å². The minimum Gasteiger partial charge on any atom is -0.371 e. The van der Waals surface area contributed by atoms with Gasteiger partial charge in [0.05, 0.1) is 6.54 Å². The molecule has 30 heavy (non-hydrogen) atoms. The Morgan fingerprint density at radius 3 is 2.27 bits per heavy atom. The lowest BCUT2D eigenvalue weighted by molar-refractivity contribution is -0.0402. The number of aliphatic hydroxyl groups excluding tert-OH is 1. The van der Waals surface area contributed by atoms with Crippen molar-refractivity contribution in [3.05, 3.63) is 95.3 Å². The molecule has 5 heteroatoms. The van der Waals surface area contributed by atoms with Crippen LogP contribution in [-0.4, -0.2) is 31.7 Å². The molecular formula is C25H27N3O2. The van der Waals surface area contributed by atoms with Crippen LogP contribution in [0.4, 0.5) is 4.79 Å². The Morgan fingerprint density at radius 1 is 0.967 bits per heavy atom. The molecule has 2 aromatic carbocycles. The highest BCUT2D eigenvalue weighted by molar-refractivity contribution is 5.79. The Labute approximate surface area is 177 Å². The summed E-state index contributed by atoms with van der Waals surface area (Å²) in [4.78, 5) is 17.2. The van der Waals surface area contributed by atoms with Crippen molar-refractivity contribution in [3.63, 3.8) is 0 Å². The van der Waals surface area contributed by atoms with Crippen molar-refractivity contribution in [1.82, 2.24) is 14.4 Å². The molecule has 5 rings (SSSR count). The summed E-state index contributed by atoms with van der Waals surface area (Å²) in [5, 5.41) is 11.7. The summed E-state index contributed by atoms with van der Waals surface area (Å²) < 4.78 is 2.13. The molecule has 1 fully saturated rings. The minimum atomic E-state index is -0.893. The summed E-state index contributed by atoms with van der Waals surface area (Å²) in [6, 6.07) is 22.0. The van der Waals surface area contributed by atoms with Gasteiger partial charge in [0.15, 0.2) is 6.23 Å². The van der Waals surface area contributed by atoms with Gasteiger partial charge in [-0.2, -0.15) is 0 Å². The van der Waals surface area contributed by atoms with E-state index in [0.717, 1.165) is 36.0 Å². The molecule has 1 aliphatic carbocycles. The molecule has 0 bridgehead atoms. The number of aromatic nitrogens is 1. The monoisotopic (exact) mass is 401 g/mol. The van der Waals surface area contributed by atoms with E-state index in [2.05, 4.69) is 16.8 Å². The van der Waals surface area contributed by atoms with Crippen LogP contribution in [0.25, 0.3) is 0 Å². The van der Waals surface area contributed by atoms with Crippen LogP contribution >= 0.6 is 0 Å². The van der Waals surface area contributed by atoms with Gasteiger partial charge in [-0.25, -0.2) is 4.79 Å². The fourth-order valence-corrected chi connectivity index (χ4v) is 5.21. The first kappa shape index (κ1) is 18.9. The van der Waals surface area contributed by atoms with Crippen LogP contribution in [0.2, 0.25) is 0 Å². The molecule has 2 atom stereocenters. The number of hydrogen-bond acceptors (Lipinski definition) is 2. The second-order valence-corrected chi connectivity index (χ2v) is 8.41. The quantitative estimate of drug-likeness (QED) is 0.718. The number of hydrogen-bond donors (Lipinski definition) is 1. The van der Waals surface area contributed by atoms with Gasteiger partial charge in [0.2, 0.25) is 0 Å². The predicted molar refractivity (Wildman–Crippen MR) is 115 cm³/mol. The van der Waals surface area contributed by atoms with Crippen LogP contribution in [0.15, 0.2) is 72.9 Å². The molecule has 1 aliphatic heterocycles. The van der Waals surface area contributed by atoms with E-state index in [4.69, 9.17) is 0 Å². The van der Waals surface area contributed by atoms with E-state index in [-0.39, 0.29) is 6.03 Å². The number of carbonyl (C=O) groups excluding carboxylic acids is 1. The van der Waals surface area contributed by atoms with Crippen molar-refractivity contribution in [2.45, 2.75) is 44.1 Å². The van der Waals surface area contributed by atoms with Crippen molar-refractivity contribution >= 4 is 6.03 Å². The number of nitrogens with zero attached hydrogens (tertiary/aromatic N) is 3. The first-order valence-corrected chi connectivity index (χ1v) is 10.6. The maximum absolute atomic E-state index is 13.7. The molecule has 1 N–H and O–H groups in total. The van der Waals surface area contributed by atoms with E-state index in [1.54, 1.807) is 4.90 Å². The van der Waals surface area contributed by atoms with Crippen LogP contribution in [0, 0.1) is 0 Å². The Kier molecular flexibility index (Phi) is 4.63. The van der Waals surface area contributed by atoms with Gasteiger partial charge >= 0.3 is 6.03 Å². The number of urea groups is 1. The minimum absolute atomic E-state index is 0.105. The SMILES string of the molecule is Cn1ccc2c1CCCC21C(O)N(Cc2ccccc2)C(=O)N1Cc1ccccc1. The average molecular weight is 402 g/mol. The fourth-order valence-electron chi connectivity index (χ4n) is 5.21. The van der Waals surface area contributed by atoms with Gasteiger partial charge in [-0.3, -0.25) is 4.90 Å². The third-order valence-electron chi connectivity index (χ3n) is 6.70. The largest absolute Gasteiger partial charge is 0.371 e. The second kappa shape index (κ2) is 7.33. The molecule has 2 amide bonds. The Hall–Kier alpha value is -3.05. The van der Waals surface area contributed by atoms with E-state index in [9.17, 15) is 9.90 Å². The van der Waals surface area contributed by atoms with Gasteiger partial charge in [0.1, 0.15) is 5.54 Å². The number of amides is 2. The Bertz CT molecular complexity index is 1050. The summed E-state index contributed by atoms with van der Waals surface area (Å²) in [7, 11) is 2.05. The standard InChI is InChI=1S/C25H27N3O2/c1-26-16-14-21-22(26)13-8-15-25(21)23(29)27(17-19-9-4-2-5-10-19)24(30)28(25)18-20-11-6-3-7-12-20/h2-7,9-12,14,16,23,29H,8,13,15,17-18H2,1H3. The van der Waals surface area contributed by atoms with Crippen molar-refractivity contribution < 1.29 is 9.90 Å². The third kappa shape index (κ3) is 2.84. The third-order valence-corrected chi connectivity index (χ3v) is 6.70. The fraction of sp³-hybridized carbons (Fsp3) is 0.320. The van der Waals surface area contributed by atoms with E-state index in [1.165, 1.54) is 5.69 Å². The predicted octanol–water partition coefficient (Wildman–Crippen LogP) is 4.01. The molecule has 2 unspecified atom stereocenters. The van der Waals surface area contributed by atoms with Crippen molar-refractivity contribution in [1.29, 1.82) is 0 Å². The first-order chi connectivity index (χ1) is 14.6. The van der Waals surface area contributed by atoms with Gasteiger partial charge in [-0.1, -0.05) is 60.7 Å². The molecule has 1 aromatic heterocycles. The van der Waals surface area contributed by atoms with Crippen molar-refractivity contribution in [2.24, 2.45) is 7.05 Å². The summed E-state index contributed by atoms with van der Waals surface area (Å²) in [6.07, 6.45) is 3.83. The molecular weight excluding hydrogens is 374 g/mol. The van der Waals surface area contributed by atoms with Crippen LogP contribution in [-0.2, 0) is 32.1 Å². The van der Waals surface area contributed by atoms with Gasteiger partial charge in [0.25, 0.3) is 0 Å². The highest BCUT2D eigenvalue weighted by Gasteiger charge is 2.59. The molecule has 3 aromatic rings. The molecule has 154 valence electrons. The highest BCUT2D eigenvalue weighted by Crippen LogP contribution is 2.49. The Morgan fingerprint density at radius 2 is 1.60 bits per heavy atom. The Balaban J connectivity index is 1.60. The summed E-state index contributed by atoms with van der Waals surface area (Å²) in [6.45, 7) is 0.881. The lowest BCUT2D eigenvalue weighted by Crippen LogP contribution is -2.50. The molecule has 1 saturated heterocycles. The average Bonchev–Trinajstić information content (AvgIpc) is 3.25. The summed E-state index contributed by atoms with van der Waals surface area (Å²) in [5.74, 6) is 0. The summed E-state index contributed by atoms with van der Waals surface area (Å²) >= 11 is 0. The topological polar surface area (TPSA) is 48.7 Å². The van der Waals surface area contributed by atoms with Gasteiger partial charge in [-0.15, -0.1) is 0 Å². The molecule has 5 nitrogen and oxygen atoms in total. The first-order valence-electron chi connectivity index (χ1n) is 10.6. The van der Waals surface area contributed by atoms with E-state index < -0.39 is 11.8 Å². The number of aryl methyl sites for hydroxylation is 1. The molecule has 0 saturated carbocycles. The van der Waals surface area contributed by atoms with Crippen LogP contribution in [0.3, 0.4) is 0 Å². The number of fused-ring (bicyclic) bond motifs is 2. The lowest BCUT2D eigenvalue weighted by Gasteiger charge is -2.42. The van der Waals surface area contributed by atoms with Crippen LogP contribution < -0.4 is 0 Å². The van der Waals surface area contributed by atoms with Crippen LogP contribution in [0.5, 0.6) is 0 Å². The second-order valence-electron chi connectivity index (χ2n) is 8.41. The van der Waals surface area contributed by atoms with Gasteiger partial charge in [-0.05, 0) is 36.5 Å². The zero-order valence-corrected chi connectivity index (χ0v) is 17.2. The normalized spacial score (nSPS) is 23.3. The van der Waals surface area contributed by atoms with Crippen molar-refractivity contribution in [2.75, 3.05) is 0 Å². The highest BCUT2D eigenvalue weighted by atomic mass is 16.3. The van der Waals surface area contributed by atoms with Gasteiger partial charge in [0, 0.05) is 31.0 Å². The molecule has 0 radical (unpaired) electrons. The molecule has 2 aliphatic rings. The summed E-state index contributed by atoms with van der Waals surface area (Å²) in [5.41, 5.74) is 3.67.